The third-order valence-corrected chi connectivity index (χ3v) is 2.35. The van der Waals surface area contributed by atoms with E-state index in [2.05, 4.69) is 10.1 Å². The van der Waals surface area contributed by atoms with Crippen molar-refractivity contribution < 1.29 is 9.32 Å². The van der Waals surface area contributed by atoms with Gasteiger partial charge >= 0.3 is 0 Å². The molecule has 4 nitrogen and oxygen atoms in total. The molecule has 0 aromatic carbocycles. The smallest absolute Gasteiger partial charge is 0.229 e. The van der Waals surface area contributed by atoms with Crippen molar-refractivity contribution in [2.45, 2.75) is 38.5 Å². The largest absolute Gasteiger partial charge is 0.339 e. The van der Waals surface area contributed by atoms with Crippen molar-refractivity contribution in [2.75, 3.05) is 0 Å². The molecule has 0 spiro atoms. The quantitative estimate of drug-likeness (QED) is 0.706. The van der Waals surface area contributed by atoms with Gasteiger partial charge in [-0.3, -0.25) is 4.79 Å². The zero-order chi connectivity index (χ0) is 9.26. The number of rotatable bonds is 3. The average Bonchev–Trinajstić information content (AvgIpc) is 2.31. The van der Waals surface area contributed by atoms with Crippen LogP contribution in [0.4, 0.5) is 0 Å². The van der Waals surface area contributed by atoms with Crippen LogP contribution >= 0.6 is 0 Å². The monoisotopic (exact) mass is 180 g/mol. The first-order valence-electron chi connectivity index (χ1n) is 4.57. The van der Waals surface area contributed by atoms with E-state index in [-0.39, 0.29) is 12.2 Å². The van der Waals surface area contributed by atoms with Gasteiger partial charge in [-0.05, 0) is 19.8 Å². The number of carbonyl (C=O) groups excluding carboxylic acids is 1. The van der Waals surface area contributed by atoms with Gasteiger partial charge in [0.15, 0.2) is 5.82 Å². The average molecular weight is 180 g/mol. The second-order valence-electron chi connectivity index (χ2n) is 3.56. The van der Waals surface area contributed by atoms with Crippen LogP contribution in [0.5, 0.6) is 0 Å². The molecule has 0 amide bonds. The third kappa shape index (κ3) is 1.76. The highest BCUT2D eigenvalue weighted by molar-refractivity contribution is 5.77. The molecule has 0 N–H and O–H groups in total. The second-order valence-corrected chi connectivity index (χ2v) is 3.56. The second kappa shape index (κ2) is 3.28. The molecule has 1 aromatic heterocycles. The first kappa shape index (κ1) is 8.41. The Morgan fingerprint density at radius 3 is 2.92 bits per heavy atom. The molecule has 1 aliphatic carbocycles. The lowest BCUT2D eigenvalue weighted by atomic mass is 9.85. The summed E-state index contributed by atoms with van der Waals surface area (Å²) in [5, 5.41) is 3.75. The topological polar surface area (TPSA) is 56.0 Å². The van der Waals surface area contributed by atoms with E-state index in [1.165, 1.54) is 13.3 Å². The molecule has 0 bridgehead atoms. The van der Waals surface area contributed by atoms with Crippen molar-refractivity contribution in [1.29, 1.82) is 0 Å². The summed E-state index contributed by atoms with van der Waals surface area (Å²) in [6, 6.07) is 0. The van der Waals surface area contributed by atoms with Crippen molar-refractivity contribution in [1.82, 2.24) is 10.1 Å². The number of carbonyl (C=O) groups is 1. The molecular weight excluding hydrogens is 168 g/mol. The Morgan fingerprint density at radius 1 is 1.62 bits per heavy atom. The number of Topliss-reactive ketones (excluding diaryl/α,β-unsaturated/α-hetero) is 1. The lowest BCUT2D eigenvalue weighted by molar-refractivity contribution is -0.116. The summed E-state index contributed by atoms with van der Waals surface area (Å²) >= 11 is 0. The Balaban J connectivity index is 2.04. The van der Waals surface area contributed by atoms with Crippen molar-refractivity contribution >= 4 is 5.78 Å². The highest BCUT2D eigenvalue weighted by Gasteiger charge is 2.25. The van der Waals surface area contributed by atoms with Crippen LogP contribution in [-0.4, -0.2) is 15.9 Å². The highest BCUT2D eigenvalue weighted by atomic mass is 16.5. The van der Waals surface area contributed by atoms with E-state index in [0.717, 1.165) is 12.8 Å². The van der Waals surface area contributed by atoms with Crippen LogP contribution in [0, 0.1) is 0 Å². The van der Waals surface area contributed by atoms with Crippen LogP contribution in [0.15, 0.2) is 4.52 Å². The van der Waals surface area contributed by atoms with E-state index in [9.17, 15) is 4.79 Å². The third-order valence-electron chi connectivity index (χ3n) is 2.35. The summed E-state index contributed by atoms with van der Waals surface area (Å²) in [4.78, 5) is 14.9. The molecule has 0 unspecified atom stereocenters. The molecule has 1 aliphatic rings. The molecule has 13 heavy (non-hydrogen) atoms. The predicted octanol–water partition coefficient (Wildman–Crippen LogP) is 1.47. The van der Waals surface area contributed by atoms with Gasteiger partial charge in [0.1, 0.15) is 5.78 Å². The van der Waals surface area contributed by atoms with Gasteiger partial charge in [0.25, 0.3) is 0 Å². The molecule has 0 atom stereocenters. The first-order valence-corrected chi connectivity index (χ1v) is 4.57. The van der Waals surface area contributed by atoms with E-state index in [1.807, 2.05) is 0 Å². The van der Waals surface area contributed by atoms with Crippen molar-refractivity contribution in [2.24, 2.45) is 0 Å². The molecule has 0 aliphatic heterocycles. The van der Waals surface area contributed by atoms with Crippen molar-refractivity contribution in [3.05, 3.63) is 11.7 Å². The molecule has 1 fully saturated rings. The minimum Gasteiger partial charge on any atom is -0.339 e. The summed E-state index contributed by atoms with van der Waals surface area (Å²) < 4.78 is 5.06. The Bertz CT molecular complexity index is 315. The molecule has 1 saturated carbocycles. The molecule has 0 saturated heterocycles. The zero-order valence-corrected chi connectivity index (χ0v) is 7.62. The highest BCUT2D eigenvalue weighted by Crippen LogP contribution is 2.35. The van der Waals surface area contributed by atoms with E-state index in [4.69, 9.17) is 4.52 Å². The van der Waals surface area contributed by atoms with E-state index >= 15 is 0 Å². The Hall–Kier alpha value is -1.19. The summed E-state index contributed by atoms with van der Waals surface area (Å²) in [6.07, 6.45) is 3.81. The Labute approximate surface area is 76.3 Å². The van der Waals surface area contributed by atoms with Gasteiger partial charge in [-0.2, -0.15) is 4.98 Å². The van der Waals surface area contributed by atoms with Crippen LogP contribution in [0.25, 0.3) is 0 Å². The number of hydrogen-bond acceptors (Lipinski definition) is 4. The predicted molar refractivity (Wildman–Crippen MR) is 45.3 cm³/mol. The summed E-state index contributed by atoms with van der Waals surface area (Å²) in [7, 11) is 0. The first-order chi connectivity index (χ1) is 6.25. The maximum atomic E-state index is 10.8. The molecular formula is C9H12N2O2. The number of ketones is 1. The lowest BCUT2D eigenvalue weighted by Gasteiger charge is -2.20. The van der Waals surface area contributed by atoms with Gasteiger partial charge < -0.3 is 4.52 Å². The van der Waals surface area contributed by atoms with Gasteiger partial charge in [-0.15, -0.1) is 0 Å². The van der Waals surface area contributed by atoms with Gasteiger partial charge in [-0.25, -0.2) is 0 Å². The minimum absolute atomic E-state index is 0.0703. The van der Waals surface area contributed by atoms with Gasteiger partial charge in [0.05, 0.1) is 6.42 Å². The fourth-order valence-corrected chi connectivity index (χ4v) is 1.38. The van der Waals surface area contributed by atoms with E-state index < -0.39 is 0 Å². The molecule has 70 valence electrons. The Kier molecular flexibility index (Phi) is 2.12. The number of hydrogen-bond donors (Lipinski definition) is 0. The van der Waals surface area contributed by atoms with E-state index in [0.29, 0.717) is 17.6 Å². The van der Waals surface area contributed by atoms with Gasteiger partial charge in [0, 0.05) is 5.92 Å². The maximum Gasteiger partial charge on any atom is 0.229 e. The summed E-state index contributed by atoms with van der Waals surface area (Å²) in [5.41, 5.74) is 0. The fraction of sp³-hybridized carbons (Fsp3) is 0.667. The van der Waals surface area contributed by atoms with Crippen molar-refractivity contribution in [3.63, 3.8) is 0 Å². The SMILES string of the molecule is CC(=O)Cc1noc(C2CCC2)n1. The number of aromatic nitrogens is 2. The van der Waals surface area contributed by atoms with Gasteiger partial charge in [-0.1, -0.05) is 11.6 Å². The molecule has 1 aromatic rings. The molecule has 4 heteroatoms. The summed E-state index contributed by atoms with van der Waals surface area (Å²) in [6.45, 7) is 1.53. The maximum absolute atomic E-state index is 10.8. The lowest BCUT2D eigenvalue weighted by Crippen LogP contribution is -2.09. The van der Waals surface area contributed by atoms with E-state index in [1.54, 1.807) is 0 Å². The minimum atomic E-state index is 0.0703. The van der Waals surface area contributed by atoms with Crippen LogP contribution in [0.3, 0.4) is 0 Å². The van der Waals surface area contributed by atoms with Crippen LogP contribution in [0.2, 0.25) is 0 Å². The molecule has 1 heterocycles. The molecule has 2 rings (SSSR count). The Morgan fingerprint density at radius 2 is 2.38 bits per heavy atom. The summed E-state index contributed by atoms with van der Waals surface area (Å²) in [5.74, 6) is 1.76. The fourth-order valence-electron chi connectivity index (χ4n) is 1.38. The molecule has 0 radical (unpaired) electrons. The number of nitrogens with zero attached hydrogens (tertiary/aromatic N) is 2. The zero-order valence-electron chi connectivity index (χ0n) is 7.62. The van der Waals surface area contributed by atoms with Crippen LogP contribution in [0.1, 0.15) is 43.8 Å². The van der Waals surface area contributed by atoms with Gasteiger partial charge in [0.2, 0.25) is 5.89 Å². The van der Waals surface area contributed by atoms with Crippen LogP contribution in [-0.2, 0) is 11.2 Å². The van der Waals surface area contributed by atoms with Crippen molar-refractivity contribution in [3.8, 4) is 0 Å². The normalized spacial score (nSPS) is 17.0. The van der Waals surface area contributed by atoms with Crippen LogP contribution < -0.4 is 0 Å². The standard InChI is InChI=1S/C9H12N2O2/c1-6(12)5-8-10-9(13-11-8)7-3-2-4-7/h7H,2-5H2,1H3.